The predicted octanol–water partition coefficient (Wildman–Crippen LogP) is 4.12. The van der Waals surface area contributed by atoms with Gasteiger partial charge in [0.2, 0.25) is 5.91 Å². The first-order chi connectivity index (χ1) is 13.2. The minimum Gasteiger partial charge on any atom is -0.354 e. The quantitative estimate of drug-likeness (QED) is 0.630. The monoisotopic (exact) mass is 377 g/mol. The lowest BCUT2D eigenvalue weighted by Gasteiger charge is -2.16. The zero-order valence-corrected chi connectivity index (χ0v) is 16.2. The normalized spacial score (nSPS) is 14.7. The van der Waals surface area contributed by atoms with Crippen LogP contribution in [0.1, 0.15) is 24.0 Å². The predicted molar refractivity (Wildman–Crippen MR) is 109 cm³/mol. The number of benzene rings is 2. The number of carbonyl (C=O) groups is 1. The number of hydrogen-bond donors (Lipinski definition) is 1. The molecule has 4 rings (SSSR count). The van der Waals surface area contributed by atoms with Crippen molar-refractivity contribution in [2.45, 2.75) is 30.3 Å². The van der Waals surface area contributed by atoms with Crippen LogP contribution in [-0.4, -0.2) is 27.8 Å². The molecule has 1 N–H and O–H groups in total. The second-order valence-electron chi connectivity index (χ2n) is 7.13. The van der Waals surface area contributed by atoms with E-state index < -0.39 is 0 Å². The van der Waals surface area contributed by atoms with Gasteiger partial charge in [0.15, 0.2) is 5.16 Å². The van der Waals surface area contributed by atoms with Crippen LogP contribution < -0.4 is 5.32 Å². The summed E-state index contributed by atoms with van der Waals surface area (Å²) in [6.45, 7) is 2.78. The van der Waals surface area contributed by atoms with Crippen molar-refractivity contribution in [3.05, 3.63) is 78.1 Å². The highest BCUT2D eigenvalue weighted by atomic mass is 32.2. The molecule has 1 fully saturated rings. The van der Waals surface area contributed by atoms with E-state index >= 15 is 0 Å². The summed E-state index contributed by atoms with van der Waals surface area (Å²) in [5, 5.41) is 3.95. The third-order valence-electron chi connectivity index (χ3n) is 5.08. The van der Waals surface area contributed by atoms with Gasteiger partial charge in [0.1, 0.15) is 0 Å². The summed E-state index contributed by atoms with van der Waals surface area (Å²) in [5.41, 5.74) is 3.73. The number of hydrogen-bond acceptors (Lipinski definition) is 3. The summed E-state index contributed by atoms with van der Waals surface area (Å²) in [7, 11) is 0. The number of aryl methyl sites for hydroxylation is 1. The number of aromatic nitrogens is 2. The molecule has 0 unspecified atom stereocenters. The number of amides is 1. The van der Waals surface area contributed by atoms with E-state index in [1.165, 1.54) is 22.9 Å². The Morgan fingerprint density at radius 1 is 1.19 bits per heavy atom. The topological polar surface area (TPSA) is 46.9 Å². The van der Waals surface area contributed by atoms with Gasteiger partial charge in [-0.1, -0.05) is 54.2 Å². The number of carbonyl (C=O) groups excluding carboxylic acids is 1. The first-order valence-electron chi connectivity index (χ1n) is 9.22. The van der Waals surface area contributed by atoms with Crippen molar-refractivity contribution in [2.24, 2.45) is 0 Å². The minimum atomic E-state index is 0.0565. The van der Waals surface area contributed by atoms with Crippen LogP contribution in [-0.2, 0) is 10.2 Å². The summed E-state index contributed by atoms with van der Waals surface area (Å²) in [6.07, 6.45) is 5.99. The van der Waals surface area contributed by atoms with Gasteiger partial charge in [-0.3, -0.25) is 9.36 Å². The van der Waals surface area contributed by atoms with E-state index in [4.69, 9.17) is 0 Å². The van der Waals surface area contributed by atoms with Crippen molar-refractivity contribution in [1.82, 2.24) is 14.9 Å². The van der Waals surface area contributed by atoms with E-state index in [1.807, 2.05) is 22.9 Å². The number of nitrogens with one attached hydrogen (secondary N) is 1. The van der Waals surface area contributed by atoms with Crippen molar-refractivity contribution in [2.75, 3.05) is 12.3 Å². The Morgan fingerprint density at radius 2 is 2.00 bits per heavy atom. The molecule has 1 aromatic heterocycles. The molecule has 4 nitrogen and oxygen atoms in total. The van der Waals surface area contributed by atoms with Gasteiger partial charge in [-0.25, -0.2) is 4.98 Å². The summed E-state index contributed by atoms with van der Waals surface area (Å²) >= 11 is 1.47. The van der Waals surface area contributed by atoms with Crippen molar-refractivity contribution >= 4 is 17.7 Å². The maximum absolute atomic E-state index is 12.4. The van der Waals surface area contributed by atoms with Gasteiger partial charge in [0.05, 0.1) is 5.75 Å². The van der Waals surface area contributed by atoms with Crippen LogP contribution in [0.25, 0.3) is 5.69 Å². The number of imidazole rings is 1. The lowest BCUT2D eigenvalue weighted by Crippen LogP contribution is -2.33. The van der Waals surface area contributed by atoms with Crippen molar-refractivity contribution in [1.29, 1.82) is 0 Å². The summed E-state index contributed by atoms with van der Waals surface area (Å²) < 4.78 is 2.03. The van der Waals surface area contributed by atoms with Gasteiger partial charge >= 0.3 is 0 Å². The zero-order valence-electron chi connectivity index (χ0n) is 15.4. The average molecular weight is 378 g/mol. The van der Waals surface area contributed by atoms with Gasteiger partial charge in [-0.05, 0) is 43.0 Å². The van der Waals surface area contributed by atoms with Crippen LogP contribution in [0.4, 0.5) is 0 Å². The fourth-order valence-corrected chi connectivity index (χ4v) is 4.13. The lowest BCUT2D eigenvalue weighted by molar-refractivity contribution is -0.118. The first kappa shape index (κ1) is 17.9. The molecule has 1 aliphatic rings. The Morgan fingerprint density at radius 3 is 2.74 bits per heavy atom. The zero-order chi connectivity index (χ0) is 18.7. The summed E-state index contributed by atoms with van der Waals surface area (Å²) in [5.74, 6) is 0.425. The molecule has 0 bridgehead atoms. The highest BCUT2D eigenvalue weighted by Crippen LogP contribution is 2.47. The van der Waals surface area contributed by atoms with Gasteiger partial charge in [0.25, 0.3) is 0 Å². The molecule has 1 saturated carbocycles. The molecular weight excluding hydrogens is 354 g/mol. The van der Waals surface area contributed by atoms with E-state index in [0.717, 1.165) is 23.7 Å². The smallest absolute Gasteiger partial charge is 0.230 e. The van der Waals surface area contributed by atoms with Gasteiger partial charge in [0, 0.05) is 30.0 Å². The first-order valence-corrected chi connectivity index (χ1v) is 10.2. The minimum absolute atomic E-state index is 0.0565. The van der Waals surface area contributed by atoms with E-state index in [0.29, 0.717) is 12.3 Å². The highest BCUT2D eigenvalue weighted by Gasteiger charge is 2.44. The van der Waals surface area contributed by atoms with Crippen LogP contribution in [0.3, 0.4) is 0 Å². The Kier molecular flexibility index (Phi) is 5.03. The van der Waals surface area contributed by atoms with E-state index in [9.17, 15) is 4.79 Å². The molecule has 1 aliphatic carbocycles. The van der Waals surface area contributed by atoms with Crippen LogP contribution in [0.15, 0.2) is 72.1 Å². The van der Waals surface area contributed by atoms with Gasteiger partial charge in [-0.2, -0.15) is 0 Å². The molecule has 138 valence electrons. The summed E-state index contributed by atoms with van der Waals surface area (Å²) in [6, 6.07) is 18.8. The van der Waals surface area contributed by atoms with E-state index in [1.54, 1.807) is 6.20 Å². The molecule has 0 saturated heterocycles. The van der Waals surface area contributed by atoms with Crippen LogP contribution in [0.2, 0.25) is 0 Å². The Bertz CT molecular complexity index is 931. The van der Waals surface area contributed by atoms with Crippen LogP contribution in [0.5, 0.6) is 0 Å². The third-order valence-corrected chi connectivity index (χ3v) is 6.05. The average Bonchev–Trinajstić information content (AvgIpc) is 3.34. The molecule has 1 heterocycles. The Labute approximate surface area is 164 Å². The molecule has 2 aromatic carbocycles. The SMILES string of the molecule is Cc1cccc(-n2ccnc2SCC(=O)NCC2(c3ccccc3)CC2)c1. The Balaban J connectivity index is 1.34. The van der Waals surface area contributed by atoms with E-state index in [-0.39, 0.29) is 11.3 Å². The number of thioether (sulfide) groups is 1. The molecule has 1 amide bonds. The molecular formula is C22H23N3OS. The van der Waals surface area contributed by atoms with Crippen molar-refractivity contribution in [3.63, 3.8) is 0 Å². The van der Waals surface area contributed by atoms with E-state index in [2.05, 4.69) is 59.7 Å². The standard InChI is InChI=1S/C22H23N3OS/c1-17-6-5-9-19(14-17)25-13-12-23-21(25)27-15-20(26)24-16-22(10-11-22)18-7-3-2-4-8-18/h2-9,12-14H,10-11,15-16H2,1H3,(H,24,26). The maximum Gasteiger partial charge on any atom is 0.230 e. The Hall–Kier alpha value is -2.53. The van der Waals surface area contributed by atoms with Crippen molar-refractivity contribution in [3.8, 4) is 5.69 Å². The molecule has 0 radical (unpaired) electrons. The highest BCUT2D eigenvalue weighted by molar-refractivity contribution is 7.99. The molecule has 0 spiro atoms. The third kappa shape index (κ3) is 4.08. The van der Waals surface area contributed by atoms with Gasteiger partial charge < -0.3 is 5.32 Å². The van der Waals surface area contributed by atoms with Crippen molar-refractivity contribution < 1.29 is 4.79 Å². The molecule has 27 heavy (non-hydrogen) atoms. The summed E-state index contributed by atoms with van der Waals surface area (Å²) in [4.78, 5) is 16.8. The molecule has 0 atom stereocenters. The maximum atomic E-state index is 12.4. The van der Waals surface area contributed by atoms with Gasteiger partial charge in [-0.15, -0.1) is 0 Å². The number of nitrogens with zero attached hydrogens (tertiary/aromatic N) is 2. The molecule has 3 aromatic rings. The largest absolute Gasteiger partial charge is 0.354 e. The number of rotatable bonds is 7. The molecule has 0 aliphatic heterocycles. The fourth-order valence-electron chi connectivity index (χ4n) is 3.33. The second kappa shape index (κ2) is 7.61. The second-order valence-corrected chi connectivity index (χ2v) is 8.07. The molecule has 5 heteroatoms. The fraction of sp³-hybridized carbons (Fsp3) is 0.273. The van der Waals surface area contributed by atoms with Crippen LogP contribution in [0, 0.1) is 6.92 Å². The lowest BCUT2D eigenvalue weighted by atomic mass is 9.96. The van der Waals surface area contributed by atoms with Crippen LogP contribution >= 0.6 is 11.8 Å².